The molecule has 7 nitrogen and oxygen atoms in total. The molecule has 0 spiro atoms. The van der Waals surface area contributed by atoms with Crippen LogP contribution in [0.3, 0.4) is 0 Å². The van der Waals surface area contributed by atoms with Gasteiger partial charge in [-0.05, 0) is 19.1 Å². The van der Waals surface area contributed by atoms with Crippen LogP contribution in [0.15, 0.2) is 16.3 Å². The molecule has 0 amide bonds. The largest absolute Gasteiger partial charge is 0.379 e. The number of ether oxygens (including phenoxy) is 1. The van der Waals surface area contributed by atoms with Crippen LogP contribution >= 0.6 is 11.3 Å². The second-order valence-corrected chi connectivity index (χ2v) is 9.96. The first-order chi connectivity index (χ1) is 9.81. The normalized spacial score (nSPS) is 18.0. The van der Waals surface area contributed by atoms with Crippen molar-refractivity contribution in [3.05, 3.63) is 17.0 Å². The molecule has 1 N–H and O–H groups in total. The van der Waals surface area contributed by atoms with E-state index < -0.39 is 20.0 Å². The number of nitrogens with one attached hydrogen (secondary N) is 1. The zero-order chi connectivity index (χ0) is 15.5. The molecule has 21 heavy (non-hydrogen) atoms. The molecule has 0 atom stereocenters. The van der Waals surface area contributed by atoms with E-state index >= 15 is 0 Å². The van der Waals surface area contributed by atoms with E-state index in [2.05, 4.69) is 4.72 Å². The van der Waals surface area contributed by atoms with Gasteiger partial charge in [0.05, 0.1) is 19.0 Å². The van der Waals surface area contributed by atoms with Gasteiger partial charge in [0.25, 0.3) is 0 Å². The SMILES string of the molecule is Cc1ccc(S(=O)(=O)NCCS(=O)(=O)N2CCOCC2)s1. The molecule has 1 aromatic rings. The summed E-state index contributed by atoms with van der Waals surface area (Å²) in [7, 11) is -7.08. The summed E-state index contributed by atoms with van der Waals surface area (Å²) in [4.78, 5) is 0.885. The van der Waals surface area contributed by atoms with Crippen molar-refractivity contribution < 1.29 is 21.6 Å². The third kappa shape index (κ3) is 4.47. The van der Waals surface area contributed by atoms with Crippen molar-refractivity contribution in [2.75, 3.05) is 38.6 Å². The Balaban J connectivity index is 1.91. The number of thiophene rings is 1. The highest BCUT2D eigenvalue weighted by atomic mass is 32.2. The molecule has 10 heteroatoms. The summed E-state index contributed by atoms with van der Waals surface area (Å²) in [5.74, 6) is -0.253. The molecule has 2 heterocycles. The molecule has 1 aliphatic rings. The van der Waals surface area contributed by atoms with Crippen LogP contribution in [0.4, 0.5) is 0 Å². The van der Waals surface area contributed by atoms with E-state index in [4.69, 9.17) is 4.74 Å². The maximum absolute atomic E-state index is 12.1. The van der Waals surface area contributed by atoms with Crippen molar-refractivity contribution in [3.8, 4) is 0 Å². The average molecular weight is 354 g/mol. The molecule has 0 aromatic carbocycles. The predicted molar refractivity (Wildman–Crippen MR) is 80.4 cm³/mol. The average Bonchev–Trinajstić information content (AvgIpc) is 2.87. The fourth-order valence-corrected chi connectivity index (χ4v) is 5.70. The van der Waals surface area contributed by atoms with Crippen molar-refractivity contribution >= 4 is 31.4 Å². The minimum Gasteiger partial charge on any atom is -0.379 e. The summed E-state index contributed by atoms with van der Waals surface area (Å²) >= 11 is 1.15. The first-order valence-corrected chi connectivity index (χ1v) is 10.3. The van der Waals surface area contributed by atoms with Crippen LogP contribution in [-0.2, 0) is 24.8 Å². The van der Waals surface area contributed by atoms with E-state index in [0.29, 0.717) is 26.3 Å². The summed E-state index contributed by atoms with van der Waals surface area (Å²) in [5, 5.41) is 0. The molecule has 1 aliphatic heterocycles. The summed E-state index contributed by atoms with van der Waals surface area (Å²) in [6, 6.07) is 3.22. The molecule has 0 saturated carbocycles. The third-order valence-electron chi connectivity index (χ3n) is 3.00. The van der Waals surface area contributed by atoms with Gasteiger partial charge in [-0.1, -0.05) is 0 Å². The minimum absolute atomic E-state index is 0.140. The molecule has 0 unspecified atom stereocenters. The summed E-state index contributed by atoms with van der Waals surface area (Å²) < 4.78 is 57.0. The van der Waals surface area contributed by atoms with Crippen molar-refractivity contribution in [1.29, 1.82) is 0 Å². The fraction of sp³-hybridized carbons (Fsp3) is 0.636. The lowest BCUT2D eigenvalue weighted by Crippen LogP contribution is -2.43. The highest BCUT2D eigenvalue weighted by Gasteiger charge is 2.25. The Bertz CT molecular complexity index is 674. The van der Waals surface area contributed by atoms with E-state index in [-0.39, 0.29) is 16.5 Å². The van der Waals surface area contributed by atoms with Crippen LogP contribution in [-0.4, -0.2) is 59.7 Å². The van der Waals surface area contributed by atoms with Gasteiger partial charge in [0, 0.05) is 24.5 Å². The number of aryl methyl sites for hydroxylation is 1. The van der Waals surface area contributed by atoms with E-state index in [1.165, 1.54) is 10.4 Å². The van der Waals surface area contributed by atoms with Gasteiger partial charge in [0.1, 0.15) is 4.21 Å². The predicted octanol–water partition coefficient (Wildman–Crippen LogP) is -0.00318. The Morgan fingerprint density at radius 2 is 1.90 bits per heavy atom. The van der Waals surface area contributed by atoms with Gasteiger partial charge < -0.3 is 4.74 Å². The first kappa shape index (κ1) is 16.8. The molecular formula is C11H18N2O5S3. The first-order valence-electron chi connectivity index (χ1n) is 6.43. The molecule has 1 saturated heterocycles. The zero-order valence-electron chi connectivity index (χ0n) is 11.6. The zero-order valence-corrected chi connectivity index (χ0v) is 14.1. The Morgan fingerprint density at radius 1 is 1.24 bits per heavy atom. The van der Waals surface area contributed by atoms with Gasteiger partial charge >= 0.3 is 0 Å². The van der Waals surface area contributed by atoms with Crippen LogP contribution in [0.1, 0.15) is 4.88 Å². The molecule has 0 aliphatic carbocycles. The van der Waals surface area contributed by atoms with Gasteiger partial charge in [-0.25, -0.2) is 21.6 Å². The van der Waals surface area contributed by atoms with Crippen LogP contribution in [0.2, 0.25) is 0 Å². The van der Waals surface area contributed by atoms with Crippen molar-refractivity contribution in [2.24, 2.45) is 0 Å². The number of nitrogens with zero attached hydrogens (tertiary/aromatic N) is 1. The Labute approximate surface area is 129 Å². The van der Waals surface area contributed by atoms with Gasteiger partial charge in [-0.2, -0.15) is 4.31 Å². The number of morpholine rings is 1. The molecule has 0 radical (unpaired) electrons. The van der Waals surface area contributed by atoms with Crippen molar-refractivity contribution in [2.45, 2.75) is 11.1 Å². The van der Waals surface area contributed by atoms with Gasteiger partial charge in [0.2, 0.25) is 20.0 Å². The molecule has 2 rings (SSSR count). The van der Waals surface area contributed by atoms with E-state index in [0.717, 1.165) is 16.2 Å². The van der Waals surface area contributed by atoms with Gasteiger partial charge in [0.15, 0.2) is 0 Å². The number of hydrogen-bond donors (Lipinski definition) is 1. The summed E-state index contributed by atoms with van der Waals surface area (Å²) in [6.07, 6.45) is 0. The van der Waals surface area contributed by atoms with Gasteiger partial charge in [-0.15, -0.1) is 11.3 Å². The fourth-order valence-electron chi connectivity index (χ4n) is 1.89. The highest BCUT2D eigenvalue weighted by molar-refractivity contribution is 7.91. The van der Waals surface area contributed by atoms with Crippen LogP contribution in [0.25, 0.3) is 0 Å². The van der Waals surface area contributed by atoms with Crippen molar-refractivity contribution in [1.82, 2.24) is 9.03 Å². The summed E-state index contributed by atoms with van der Waals surface area (Å²) in [5.41, 5.74) is 0. The van der Waals surface area contributed by atoms with Gasteiger partial charge in [-0.3, -0.25) is 0 Å². The standard InChI is InChI=1S/C11H18N2O5S3/c1-10-2-3-11(19-10)21(16,17)12-4-9-20(14,15)13-5-7-18-8-6-13/h2-3,12H,4-9H2,1H3. The number of sulfonamides is 2. The number of hydrogen-bond acceptors (Lipinski definition) is 6. The smallest absolute Gasteiger partial charge is 0.250 e. The second-order valence-electron chi connectivity index (χ2n) is 4.59. The van der Waals surface area contributed by atoms with Crippen LogP contribution in [0.5, 0.6) is 0 Å². The Morgan fingerprint density at radius 3 is 2.48 bits per heavy atom. The lowest BCUT2D eigenvalue weighted by Gasteiger charge is -2.25. The van der Waals surface area contributed by atoms with Crippen LogP contribution in [0, 0.1) is 6.92 Å². The van der Waals surface area contributed by atoms with Crippen molar-refractivity contribution in [3.63, 3.8) is 0 Å². The molecule has 1 aromatic heterocycles. The topological polar surface area (TPSA) is 92.8 Å². The highest BCUT2D eigenvalue weighted by Crippen LogP contribution is 2.20. The maximum Gasteiger partial charge on any atom is 0.250 e. The van der Waals surface area contributed by atoms with E-state index in [1.807, 2.05) is 6.92 Å². The molecular weight excluding hydrogens is 336 g/mol. The molecule has 1 fully saturated rings. The minimum atomic E-state index is -3.63. The lowest BCUT2D eigenvalue weighted by molar-refractivity contribution is 0.0730. The lowest BCUT2D eigenvalue weighted by atomic mass is 10.5. The summed E-state index contributed by atoms with van der Waals surface area (Å²) in [6.45, 7) is 3.06. The number of rotatable bonds is 6. The maximum atomic E-state index is 12.1. The molecule has 0 bridgehead atoms. The van der Waals surface area contributed by atoms with Crippen LogP contribution < -0.4 is 4.72 Å². The monoisotopic (exact) mass is 354 g/mol. The molecule has 120 valence electrons. The second kappa shape index (κ2) is 6.71. The quantitative estimate of drug-likeness (QED) is 0.776. The van der Waals surface area contributed by atoms with E-state index in [9.17, 15) is 16.8 Å². The third-order valence-corrected chi connectivity index (χ3v) is 7.82. The Kier molecular flexibility index (Phi) is 5.38. The Hall–Kier alpha value is -0.520. The van der Waals surface area contributed by atoms with E-state index in [1.54, 1.807) is 6.07 Å².